The number of ether oxygens (including phenoxy) is 1. The van der Waals surface area contributed by atoms with Gasteiger partial charge < -0.3 is 4.74 Å². The fraction of sp³-hybridized carbons (Fsp3) is 0.923. The van der Waals surface area contributed by atoms with E-state index in [1.165, 1.54) is 12.8 Å². The molecule has 1 heterocycles. The lowest BCUT2D eigenvalue weighted by Gasteiger charge is -2.21. The van der Waals surface area contributed by atoms with Crippen LogP contribution in [0.3, 0.4) is 0 Å². The summed E-state index contributed by atoms with van der Waals surface area (Å²) in [6.07, 6.45) is 3.33. The van der Waals surface area contributed by atoms with Gasteiger partial charge in [0.1, 0.15) is 5.60 Å². The summed E-state index contributed by atoms with van der Waals surface area (Å²) in [5.74, 6) is 0. The first kappa shape index (κ1) is 13.6. The lowest BCUT2D eigenvalue weighted by molar-refractivity contribution is 0.0488. The minimum atomic E-state index is -0.450. The molecule has 1 saturated carbocycles. The molecular formula is C13H25N3O2. The Labute approximate surface area is 109 Å². The standard InChI is InChI=1S/C13H25N3O2/c1-9-7-10(8-16(9)11-5-6-11)14-15-12(17)18-13(2,3)4/h9-11,14H,5-8H2,1-4H3,(H,15,17). The van der Waals surface area contributed by atoms with Crippen molar-refractivity contribution in [2.75, 3.05) is 6.54 Å². The molecule has 2 aliphatic rings. The first-order valence-electron chi connectivity index (χ1n) is 6.85. The Hall–Kier alpha value is -0.810. The molecule has 2 atom stereocenters. The van der Waals surface area contributed by atoms with Gasteiger partial charge in [-0.05, 0) is 47.0 Å². The van der Waals surface area contributed by atoms with Gasteiger partial charge >= 0.3 is 6.09 Å². The SMILES string of the molecule is CC1CC(NNC(=O)OC(C)(C)C)CN1C1CC1. The van der Waals surface area contributed by atoms with Gasteiger partial charge in [0.25, 0.3) is 0 Å². The third-order valence-corrected chi connectivity index (χ3v) is 3.42. The Kier molecular flexibility index (Phi) is 3.82. The van der Waals surface area contributed by atoms with Gasteiger partial charge in [0.2, 0.25) is 0 Å². The van der Waals surface area contributed by atoms with E-state index in [4.69, 9.17) is 4.74 Å². The molecule has 5 nitrogen and oxygen atoms in total. The van der Waals surface area contributed by atoms with E-state index in [-0.39, 0.29) is 0 Å². The van der Waals surface area contributed by atoms with Crippen LogP contribution in [0.4, 0.5) is 4.79 Å². The summed E-state index contributed by atoms with van der Waals surface area (Å²) in [5, 5.41) is 0. The van der Waals surface area contributed by atoms with Crippen LogP contribution >= 0.6 is 0 Å². The van der Waals surface area contributed by atoms with Crippen molar-refractivity contribution < 1.29 is 9.53 Å². The second-order valence-electron chi connectivity index (χ2n) is 6.48. The molecular weight excluding hydrogens is 230 g/mol. The zero-order valence-electron chi connectivity index (χ0n) is 11.8. The minimum Gasteiger partial charge on any atom is -0.443 e. The summed E-state index contributed by atoms with van der Waals surface area (Å²) in [6, 6.07) is 1.72. The van der Waals surface area contributed by atoms with Crippen molar-refractivity contribution in [1.82, 2.24) is 15.8 Å². The lowest BCUT2D eigenvalue weighted by Crippen LogP contribution is -2.47. The van der Waals surface area contributed by atoms with Crippen LogP contribution in [0, 0.1) is 0 Å². The number of nitrogens with one attached hydrogen (secondary N) is 2. The molecule has 0 aromatic rings. The van der Waals surface area contributed by atoms with Crippen molar-refractivity contribution in [2.45, 2.75) is 70.7 Å². The summed E-state index contributed by atoms with van der Waals surface area (Å²) in [5.41, 5.74) is 5.27. The first-order chi connectivity index (χ1) is 8.35. The molecule has 0 bridgehead atoms. The van der Waals surface area contributed by atoms with Gasteiger partial charge in [-0.1, -0.05) is 0 Å². The molecule has 0 spiro atoms. The number of nitrogens with zero attached hydrogens (tertiary/aromatic N) is 1. The average molecular weight is 255 g/mol. The monoisotopic (exact) mass is 255 g/mol. The molecule has 2 fully saturated rings. The van der Waals surface area contributed by atoms with E-state index in [0.717, 1.165) is 19.0 Å². The molecule has 0 aromatic carbocycles. The van der Waals surface area contributed by atoms with E-state index in [1.807, 2.05) is 20.8 Å². The summed E-state index contributed by atoms with van der Waals surface area (Å²) >= 11 is 0. The van der Waals surface area contributed by atoms with Crippen LogP contribution < -0.4 is 10.9 Å². The van der Waals surface area contributed by atoms with Gasteiger partial charge in [-0.25, -0.2) is 10.2 Å². The van der Waals surface area contributed by atoms with Crippen molar-refractivity contribution in [3.8, 4) is 0 Å². The van der Waals surface area contributed by atoms with Crippen LogP contribution in [-0.4, -0.2) is 41.3 Å². The lowest BCUT2D eigenvalue weighted by atomic mass is 10.2. The molecule has 1 aliphatic carbocycles. The highest BCUT2D eigenvalue weighted by Gasteiger charge is 2.38. The van der Waals surface area contributed by atoms with Crippen molar-refractivity contribution in [2.24, 2.45) is 0 Å². The second kappa shape index (κ2) is 5.05. The highest BCUT2D eigenvalue weighted by Crippen LogP contribution is 2.33. The van der Waals surface area contributed by atoms with Crippen LogP contribution in [0.2, 0.25) is 0 Å². The molecule has 1 aliphatic heterocycles. The van der Waals surface area contributed by atoms with E-state index in [2.05, 4.69) is 22.7 Å². The number of carbonyl (C=O) groups excluding carboxylic acids is 1. The maximum atomic E-state index is 11.5. The molecule has 1 saturated heterocycles. The van der Waals surface area contributed by atoms with Gasteiger partial charge in [-0.2, -0.15) is 0 Å². The average Bonchev–Trinajstić information content (AvgIpc) is 2.98. The highest BCUT2D eigenvalue weighted by molar-refractivity contribution is 5.67. The number of carbonyl (C=O) groups is 1. The predicted molar refractivity (Wildman–Crippen MR) is 70.1 cm³/mol. The van der Waals surface area contributed by atoms with Crippen molar-refractivity contribution in [3.05, 3.63) is 0 Å². The van der Waals surface area contributed by atoms with Crippen LogP contribution in [-0.2, 0) is 4.74 Å². The summed E-state index contributed by atoms with van der Waals surface area (Å²) in [7, 11) is 0. The van der Waals surface area contributed by atoms with E-state index in [0.29, 0.717) is 12.1 Å². The smallest absolute Gasteiger partial charge is 0.422 e. The maximum absolute atomic E-state index is 11.5. The number of hydrogen-bond donors (Lipinski definition) is 2. The molecule has 2 N–H and O–H groups in total. The third-order valence-electron chi connectivity index (χ3n) is 3.42. The number of hydrazine groups is 1. The number of likely N-dealkylation sites (tertiary alicyclic amines) is 1. The molecule has 1 amide bonds. The molecule has 5 heteroatoms. The van der Waals surface area contributed by atoms with Gasteiger partial charge in [0, 0.05) is 24.7 Å². The van der Waals surface area contributed by atoms with Gasteiger partial charge in [0.05, 0.1) is 0 Å². The molecule has 0 aromatic heterocycles. The Morgan fingerprint density at radius 2 is 2.00 bits per heavy atom. The number of amides is 1. The Bertz CT molecular complexity index is 310. The first-order valence-corrected chi connectivity index (χ1v) is 6.85. The van der Waals surface area contributed by atoms with E-state index >= 15 is 0 Å². The highest BCUT2D eigenvalue weighted by atomic mass is 16.6. The van der Waals surface area contributed by atoms with E-state index < -0.39 is 11.7 Å². The fourth-order valence-electron chi connectivity index (χ4n) is 2.54. The van der Waals surface area contributed by atoms with Gasteiger partial charge in [-0.15, -0.1) is 0 Å². The Morgan fingerprint density at radius 1 is 1.33 bits per heavy atom. The number of hydrogen-bond acceptors (Lipinski definition) is 4. The van der Waals surface area contributed by atoms with Crippen LogP contribution in [0.5, 0.6) is 0 Å². The predicted octanol–water partition coefficient (Wildman–Crippen LogP) is 1.64. The Morgan fingerprint density at radius 3 is 2.56 bits per heavy atom. The molecule has 18 heavy (non-hydrogen) atoms. The molecule has 104 valence electrons. The molecule has 0 radical (unpaired) electrons. The quantitative estimate of drug-likeness (QED) is 0.753. The summed E-state index contributed by atoms with van der Waals surface area (Å²) in [4.78, 5) is 14.1. The van der Waals surface area contributed by atoms with Crippen molar-refractivity contribution in [3.63, 3.8) is 0 Å². The second-order valence-corrected chi connectivity index (χ2v) is 6.48. The molecule has 2 unspecified atom stereocenters. The Balaban J connectivity index is 1.70. The largest absolute Gasteiger partial charge is 0.443 e. The topological polar surface area (TPSA) is 53.6 Å². The summed E-state index contributed by atoms with van der Waals surface area (Å²) in [6.45, 7) is 8.85. The van der Waals surface area contributed by atoms with Crippen molar-refractivity contribution in [1.29, 1.82) is 0 Å². The zero-order chi connectivity index (χ0) is 13.3. The van der Waals surface area contributed by atoms with Crippen LogP contribution in [0.1, 0.15) is 47.0 Å². The van der Waals surface area contributed by atoms with Crippen LogP contribution in [0.25, 0.3) is 0 Å². The molecule has 2 rings (SSSR count). The third kappa shape index (κ3) is 3.85. The minimum absolute atomic E-state index is 0.327. The normalized spacial score (nSPS) is 29.3. The maximum Gasteiger partial charge on any atom is 0.422 e. The number of rotatable bonds is 3. The van der Waals surface area contributed by atoms with E-state index in [9.17, 15) is 4.79 Å². The zero-order valence-corrected chi connectivity index (χ0v) is 11.8. The fourth-order valence-corrected chi connectivity index (χ4v) is 2.54. The van der Waals surface area contributed by atoms with Gasteiger partial charge in [0.15, 0.2) is 0 Å². The van der Waals surface area contributed by atoms with Crippen LogP contribution in [0.15, 0.2) is 0 Å². The van der Waals surface area contributed by atoms with E-state index in [1.54, 1.807) is 0 Å². The van der Waals surface area contributed by atoms with Crippen molar-refractivity contribution >= 4 is 6.09 Å². The van der Waals surface area contributed by atoms with Gasteiger partial charge in [-0.3, -0.25) is 10.3 Å². The summed E-state index contributed by atoms with van der Waals surface area (Å²) < 4.78 is 5.18.